The summed E-state index contributed by atoms with van der Waals surface area (Å²) in [4.78, 5) is 41.8. The molecule has 0 saturated carbocycles. The van der Waals surface area contributed by atoms with Crippen molar-refractivity contribution in [1.82, 2.24) is 14.7 Å². The molecule has 0 bridgehead atoms. The molecule has 0 aromatic rings. The van der Waals surface area contributed by atoms with E-state index in [1.165, 1.54) is 0 Å². The summed E-state index contributed by atoms with van der Waals surface area (Å²) in [5.41, 5.74) is 0. The Morgan fingerprint density at radius 2 is 1.65 bits per heavy atom. The standard InChI is InChI=1S/C16H25N3O4/c1-12(20)17-4-6-18(7-5-17)16(22)13-10-15(21)19(11-13)14-2-8-23-9-3-14/h13-14H,2-11H2,1H3. The quantitative estimate of drug-likeness (QED) is 0.700. The predicted octanol–water partition coefficient (Wildman–Crippen LogP) is -0.295. The lowest BCUT2D eigenvalue weighted by molar-refractivity contribution is -0.141. The van der Waals surface area contributed by atoms with E-state index in [9.17, 15) is 14.4 Å². The Bertz CT molecular complexity index is 482. The van der Waals surface area contributed by atoms with Crippen molar-refractivity contribution in [1.29, 1.82) is 0 Å². The van der Waals surface area contributed by atoms with Gasteiger partial charge in [0.25, 0.3) is 0 Å². The fourth-order valence-corrected chi connectivity index (χ4v) is 3.75. The lowest BCUT2D eigenvalue weighted by atomic mass is 10.1. The number of hydrogen-bond donors (Lipinski definition) is 0. The molecule has 7 nitrogen and oxygen atoms in total. The van der Waals surface area contributed by atoms with Gasteiger partial charge in [-0.3, -0.25) is 14.4 Å². The van der Waals surface area contributed by atoms with Crippen LogP contribution in [0.3, 0.4) is 0 Å². The first kappa shape index (κ1) is 16.2. The molecule has 128 valence electrons. The van der Waals surface area contributed by atoms with Crippen molar-refractivity contribution < 1.29 is 19.1 Å². The molecule has 1 unspecified atom stereocenters. The molecular formula is C16H25N3O4. The maximum absolute atomic E-state index is 12.7. The molecule has 3 aliphatic rings. The molecule has 0 spiro atoms. The second-order valence-corrected chi connectivity index (χ2v) is 6.62. The zero-order valence-corrected chi connectivity index (χ0v) is 13.7. The van der Waals surface area contributed by atoms with Crippen LogP contribution in [0.2, 0.25) is 0 Å². The maximum Gasteiger partial charge on any atom is 0.228 e. The van der Waals surface area contributed by atoms with Crippen LogP contribution in [0.25, 0.3) is 0 Å². The van der Waals surface area contributed by atoms with Gasteiger partial charge in [-0.1, -0.05) is 0 Å². The van der Waals surface area contributed by atoms with Crippen LogP contribution in [0, 0.1) is 5.92 Å². The zero-order valence-electron chi connectivity index (χ0n) is 13.7. The summed E-state index contributed by atoms with van der Waals surface area (Å²) < 4.78 is 5.35. The van der Waals surface area contributed by atoms with Gasteiger partial charge >= 0.3 is 0 Å². The average molecular weight is 323 g/mol. The van der Waals surface area contributed by atoms with Crippen LogP contribution in [-0.4, -0.2) is 84.4 Å². The molecule has 0 aliphatic carbocycles. The Hall–Kier alpha value is -1.63. The number of carbonyl (C=O) groups is 3. The van der Waals surface area contributed by atoms with Gasteiger partial charge in [-0.25, -0.2) is 0 Å². The van der Waals surface area contributed by atoms with Crippen LogP contribution >= 0.6 is 0 Å². The SMILES string of the molecule is CC(=O)N1CCN(C(=O)C2CC(=O)N(C3CCOCC3)C2)CC1. The van der Waals surface area contributed by atoms with Crippen molar-refractivity contribution in [3.63, 3.8) is 0 Å². The highest BCUT2D eigenvalue weighted by molar-refractivity contribution is 5.89. The number of piperazine rings is 1. The van der Waals surface area contributed by atoms with E-state index in [-0.39, 0.29) is 29.7 Å². The molecule has 3 rings (SSSR count). The summed E-state index contributed by atoms with van der Waals surface area (Å²) in [7, 11) is 0. The first-order chi connectivity index (χ1) is 11.1. The van der Waals surface area contributed by atoms with Crippen LogP contribution in [0.4, 0.5) is 0 Å². The molecule has 3 fully saturated rings. The van der Waals surface area contributed by atoms with E-state index in [0.29, 0.717) is 52.4 Å². The highest BCUT2D eigenvalue weighted by Crippen LogP contribution is 2.26. The molecule has 3 aliphatic heterocycles. The number of nitrogens with zero attached hydrogens (tertiary/aromatic N) is 3. The molecule has 23 heavy (non-hydrogen) atoms. The summed E-state index contributed by atoms with van der Waals surface area (Å²) in [5.74, 6) is -0.0122. The number of likely N-dealkylation sites (tertiary alicyclic amines) is 1. The normalized spacial score (nSPS) is 26.7. The molecule has 3 saturated heterocycles. The third-order valence-corrected chi connectivity index (χ3v) is 5.18. The van der Waals surface area contributed by atoms with E-state index in [2.05, 4.69) is 0 Å². The van der Waals surface area contributed by atoms with Gasteiger partial charge in [0.2, 0.25) is 17.7 Å². The van der Waals surface area contributed by atoms with Crippen molar-refractivity contribution in [3.8, 4) is 0 Å². The molecule has 0 N–H and O–H groups in total. The average Bonchev–Trinajstić information content (AvgIpc) is 2.97. The Morgan fingerprint density at radius 1 is 1.04 bits per heavy atom. The fraction of sp³-hybridized carbons (Fsp3) is 0.812. The third kappa shape index (κ3) is 3.49. The minimum absolute atomic E-state index is 0.0545. The highest BCUT2D eigenvalue weighted by atomic mass is 16.5. The van der Waals surface area contributed by atoms with Gasteiger partial charge in [0, 0.05) is 65.3 Å². The third-order valence-electron chi connectivity index (χ3n) is 5.18. The number of hydrogen-bond acceptors (Lipinski definition) is 4. The van der Waals surface area contributed by atoms with Crippen LogP contribution in [0.15, 0.2) is 0 Å². The second kappa shape index (κ2) is 6.86. The molecule has 7 heteroatoms. The van der Waals surface area contributed by atoms with Crippen molar-refractivity contribution in [2.45, 2.75) is 32.2 Å². The van der Waals surface area contributed by atoms with E-state index in [4.69, 9.17) is 4.74 Å². The molecule has 0 aromatic heterocycles. The van der Waals surface area contributed by atoms with Crippen LogP contribution in [-0.2, 0) is 19.1 Å². The van der Waals surface area contributed by atoms with Gasteiger partial charge in [-0.2, -0.15) is 0 Å². The first-order valence-electron chi connectivity index (χ1n) is 8.48. The second-order valence-electron chi connectivity index (χ2n) is 6.62. The van der Waals surface area contributed by atoms with Gasteiger partial charge in [0.15, 0.2) is 0 Å². The summed E-state index contributed by atoms with van der Waals surface area (Å²) >= 11 is 0. The summed E-state index contributed by atoms with van der Waals surface area (Å²) in [6, 6.07) is 0.226. The lowest BCUT2D eigenvalue weighted by Gasteiger charge is -2.35. The summed E-state index contributed by atoms with van der Waals surface area (Å²) in [6.45, 7) is 5.80. The lowest BCUT2D eigenvalue weighted by Crippen LogP contribution is -2.51. The Morgan fingerprint density at radius 3 is 2.26 bits per heavy atom. The van der Waals surface area contributed by atoms with Crippen molar-refractivity contribution in [3.05, 3.63) is 0 Å². The predicted molar refractivity (Wildman–Crippen MR) is 82.5 cm³/mol. The maximum atomic E-state index is 12.7. The molecule has 1 atom stereocenters. The van der Waals surface area contributed by atoms with E-state index in [0.717, 1.165) is 12.8 Å². The minimum atomic E-state index is -0.228. The number of carbonyl (C=O) groups excluding carboxylic acids is 3. The van der Waals surface area contributed by atoms with Gasteiger partial charge in [0.05, 0.1) is 5.92 Å². The van der Waals surface area contributed by atoms with Crippen LogP contribution in [0.5, 0.6) is 0 Å². The topological polar surface area (TPSA) is 70.2 Å². The Balaban J connectivity index is 1.54. The smallest absolute Gasteiger partial charge is 0.228 e. The van der Waals surface area contributed by atoms with Crippen molar-refractivity contribution >= 4 is 17.7 Å². The summed E-state index contributed by atoms with van der Waals surface area (Å²) in [5, 5.41) is 0. The monoisotopic (exact) mass is 323 g/mol. The number of ether oxygens (including phenoxy) is 1. The van der Waals surface area contributed by atoms with Crippen LogP contribution in [0.1, 0.15) is 26.2 Å². The van der Waals surface area contributed by atoms with E-state index >= 15 is 0 Å². The molecule has 0 aromatic carbocycles. The fourth-order valence-electron chi connectivity index (χ4n) is 3.75. The summed E-state index contributed by atoms with van der Waals surface area (Å²) in [6.07, 6.45) is 2.05. The number of amides is 3. The molecule has 0 radical (unpaired) electrons. The van der Waals surface area contributed by atoms with Gasteiger partial charge in [-0.15, -0.1) is 0 Å². The van der Waals surface area contributed by atoms with Gasteiger partial charge in [0.1, 0.15) is 0 Å². The first-order valence-corrected chi connectivity index (χ1v) is 8.48. The Labute approximate surface area is 136 Å². The largest absolute Gasteiger partial charge is 0.381 e. The molecule has 3 amide bonds. The minimum Gasteiger partial charge on any atom is -0.381 e. The van der Waals surface area contributed by atoms with E-state index < -0.39 is 0 Å². The van der Waals surface area contributed by atoms with Gasteiger partial charge in [-0.05, 0) is 12.8 Å². The zero-order chi connectivity index (χ0) is 16.4. The van der Waals surface area contributed by atoms with E-state index in [1.807, 2.05) is 9.80 Å². The van der Waals surface area contributed by atoms with E-state index in [1.54, 1.807) is 11.8 Å². The number of rotatable bonds is 2. The van der Waals surface area contributed by atoms with Crippen molar-refractivity contribution in [2.75, 3.05) is 45.9 Å². The molecule has 3 heterocycles. The Kier molecular flexibility index (Phi) is 4.84. The van der Waals surface area contributed by atoms with Crippen LogP contribution < -0.4 is 0 Å². The van der Waals surface area contributed by atoms with Gasteiger partial charge < -0.3 is 19.4 Å². The highest BCUT2D eigenvalue weighted by Gasteiger charge is 2.40. The molecular weight excluding hydrogens is 298 g/mol. The van der Waals surface area contributed by atoms with Crippen molar-refractivity contribution in [2.24, 2.45) is 5.92 Å².